The summed E-state index contributed by atoms with van der Waals surface area (Å²) in [7, 11) is 1.59. The van der Waals surface area contributed by atoms with Crippen LogP contribution in [-0.4, -0.2) is 25.8 Å². The lowest BCUT2D eigenvalue weighted by Gasteiger charge is -2.01. The van der Waals surface area contributed by atoms with Crippen LogP contribution in [0.5, 0.6) is 17.2 Å². The summed E-state index contributed by atoms with van der Waals surface area (Å²) < 4.78 is 21.3. The molecule has 0 radical (unpaired) electrons. The summed E-state index contributed by atoms with van der Waals surface area (Å²) in [5.41, 5.74) is 1.55. The molecule has 0 aromatic heterocycles. The Morgan fingerprint density at radius 2 is 1.86 bits per heavy atom. The highest BCUT2D eigenvalue weighted by Crippen LogP contribution is 2.44. The summed E-state index contributed by atoms with van der Waals surface area (Å²) in [5, 5.41) is 0. The summed E-state index contributed by atoms with van der Waals surface area (Å²) in [6.45, 7) is 0.235. The summed E-state index contributed by atoms with van der Waals surface area (Å²) in [4.78, 5) is 12.4. The van der Waals surface area contributed by atoms with Crippen molar-refractivity contribution in [3.8, 4) is 17.2 Å². The third-order valence-corrected chi connectivity index (χ3v) is 3.85. The Kier molecular flexibility index (Phi) is 3.01. The van der Waals surface area contributed by atoms with E-state index < -0.39 is 6.10 Å². The molecule has 0 amide bonds. The molecule has 112 valence electrons. The number of benzene rings is 2. The number of hydrogen-bond acceptors (Lipinski definition) is 5. The lowest BCUT2D eigenvalue weighted by molar-refractivity contribution is 0.0953. The third kappa shape index (κ3) is 2.19. The first kappa shape index (κ1) is 13.2. The standard InChI is InChI=1S/C17H14O5/c1-19-12-5-2-10(3-6-12)15(18)17-16(22-17)11-4-7-13-14(8-11)21-9-20-13/h2-8,16-17H,9H2,1H3/t16-,17-/m0/s1. The van der Waals surface area contributed by atoms with Gasteiger partial charge in [0, 0.05) is 5.56 Å². The number of hydrogen-bond donors (Lipinski definition) is 0. The maximum Gasteiger partial charge on any atom is 0.231 e. The number of ketones is 1. The van der Waals surface area contributed by atoms with Crippen LogP contribution in [0.2, 0.25) is 0 Å². The molecule has 5 heteroatoms. The molecule has 1 saturated heterocycles. The normalized spacial score (nSPS) is 21.5. The predicted octanol–water partition coefficient (Wildman–Crippen LogP) is 2.75. The average Bonchev–Trinajstić information content (AvgIpc) is 3.23. The Labute approximate surface area is 127 Å². The first-order chi connectivity index (χ1) is 10.8. The Balaban J connectivity index is 1.50. The van der Waals surface area contributed by atoms with Gasteiger partial charge in [0.1, 0.15) is 11.9 Å². The number of carbonyl (C=O) groups excluding carboxylic acids is 1. The van der Waals surface area contributed by atoms with Crippen LogP contribution >= 0.6 is 0 Å². The Morgan fingerprint density at radius 3 is 2.64 bits per heavy atom. The topological polar surface area (TPSA) is 57.3 Å². The highest BCUT2D eigenvalue weighted by molar-refractivity contribution is 6.01. The lowest BCUT2D eigenvalue weighted by atomic mass is 10.0. The number of fused-ring (bicyclic) bond motifs is 1. The molecule has 0 aliphatic carbocycles. The summed E-state index contributed by atoms with van der Waals surface area (Å²) in [6, 6.07) is 12.7. The Bertz CT molecular complexity index is 722. The maximum atomic E-state index is 12.4. The fraction of sp³-hybridized carbons (Fsp3) is 0.235. The highest BCUT2D eigenvalue weighted by Gasteiger charge is 2.46. The minimum atomic E-state index is -0.436. The van der Waals surface area contributed by atoms with Crippen LogP contribution in [0, 0.1) is 0 Å². The zero-order chi connectivity index (χ0) is 15.1. The van der Waals surface area contributed by atoms with Gasteiger partial charge in [0.05, 0.1) is 7.11 Å². The van der Waals surface area contributed by atoms with Crippen molar-refractivity contribution < 1.29 is 23.7 Å². The Morgan fingerprint density at radius 1 is 1.09 bits per heavy atom. The SMILES string of the molecule is COc1ccc(C(=O)[C@@H]2O[C@H]2c2ccc3c(c2)OCO3)cc1. The van der Waals surface area contributed by atoms with E-state index in [1.807, 2.05) is 18.2 Å². The summed E-state index contributed by atoms with van der Waals surface area (Å²) in [5.74, 6) is 2.12. The van der Waals surface area contributed by atoms with Crippen LogP contribution in [0.3, 0.4) is 0 Å². The molecule has 2 aromatic carbocycles. The van der Waals surface area contributed by atoms with Crippen LogP contribution in [0.25, 0.3) is 0 Å². The van der Waals surface area contributed by atoms with Crippen LogP contribution in [0.15, 0.2) is 42.5 Å². The molecule has 2 heterocycles. The highest BCUT2D eigenvalue weighted by atomic mass is 16.7. The molecule has 2 atom stereocenters. The number of ether oxygens (including phenoxy) is 4. The molecule has 0 unspecified atom stereocenters. The second-order valence-electron chi connectivity index (χ2n) is 5.18. The van der Waals surface area contributed by atoms with Crippen molar-refractivity contribution in [3.05, 3.63) is 53.6 Å². The van der Waals surface area contributed by atoms with E-state index in [9.17, 15) is 4.79 Å². The molecule has 5 nitrogen and oxygen atoms in total. The van der Waals surface area contributed by atoms with E-state index in [0.717, 1.165) is 17.1 Å². The zero-order valence-corrected chi connectivity index (χ0v) is 11.9. The monoisotopic (exact) mass is 298 g/mol. The second-order valence-corrected chi connectivity index (χ2v) is 5.18. The van der Waals surface area contributed by atoms with Gasteiger partial charge in [-0.05, 0) is 42.0 Å². The van der Waals surface area contributed by atoms with E-state index in [-0.39, 0.29) is 18.7 Å². The fourth-order valence-corrected chi connectivity index (χ4v) is 2.57. The van der Waals surface area contributed by atoms with E-state index in [1.165, 1.54) is 0 Å². The van der Waals surface area contributed by atoms with Crippen LogP contribution in [0.4, 0.5) is 0 Å². The molecule has 0 N–H and O–H groups in total. The second kappa shape index (κ2) is 5.03. The number of methoxy groups -OCH3 is 1. The van der Waals surface area contributed by atoms with Gasteiger partial charge in [-0.15, -0.1) is 0 Å². The van der Waals surface area contributed by atoms with E-state index >= 15 is 0 Å². The molecule has 0 saturated carbocycles. The number of rotatable bonds is 4. The first-order valence-electron chi connectivity index (χ1n) is 6.99. The number of epoxide rings is 1. The smallest absolute Gasteiger partial charge is 0.231 e. The van der Waals surface area contributed by atoms with Gasteiger partial charge < -0.3 is 18.9 Å². The van der Waals surface area contributed by atoms with Crippen LogP contribution in [-0.2, 0) is 4.74 Å². The minimum Gasteiger partial charge on any atom is -0.497 e. The van der Waals surface area contributed by atoms with E-state index in [0.29, 0.717) is 11.3 Å². The maximum absolute atomic E-state index is 12.4. The molecule has 2 aliphatic heterocycles. The van der Waals surface area contributed by atoms with Gasteiger partial charge in [-0.25, -0.2) is 0 Å². The van der Waals surface area contributed by atoms with Gasteiger partial charge in [0.2, 0.25) is 6.79 Å². The zero-order valence-electron chi connectivity index (χ0n) is 11.9. The molecule has 0 spiro atoms. The van der Waals surface area contributed by atoms with Gasteiger partial charge in [-0.1, -0.05) is 6.07 Å². The van der Waals surface area contributed by atoms with Crippen molar-refractivity contribution in [3.63, 3.8) is 0 Å². The number of carbonyl (C=O) groups is 1. The van der Waals surface area contributed by atoms with Crippen molar-refractivity contribution in [1.82, 2.24) is 0 Å². The fourth-order valence-electron chi connectivity index (χ4n) is 2.57. The van der Waals surface area contributed by atoms with Crippen molar-refractivity contribution in [1.29, 1.82) is 0 Å². The third-order valence-electron chi connectivity index (χ3n) is 3.85. The number of Topliss-reactive ketones (excluding diaryl/α,β-unsaturated/α-hetero) is 1. The molecular formula is C17H14O5. The van der Waals surface area contributed by atoms with Crippen molar-refractivity contribution in [2.24, 2.45) is 0 Å². The van der Waals surface area contributed by atoms with Crippen molar-refractivity contribution >= 4 is 5.78 Å². The molecule has 22 heavy (non-hydrogen) atoms. The molecule has 2 aromatic rings. The first-order valence-corrected chi connectivity index (χ1v) is 6.99. The molecule has 0 bridgehead atoms. The van der Waals surface area contributed by atoms with Gasteiger partial charge in [-0.3, -0.25) is 4.79 Å². The predicted molar refractivity (Wildman–Crippen MR) is 77.5 cm³/mol. The van der Waals surface area contributed by atoms with Crippen LogP contribution < -0.4 is 14.2 Å². The van der Waals surface area contributed by atoms with E-state index in [2.05, 4.69) is 0 Å². The average molecular weight is 298 g/mol. The van der Waals surface area contributed by atoms with Gasteiger partial charge in [0.25, 0.3) is 0 Å². The van der Waals surface area contributed by atoms with Gasteiger partial charge in [-0.2, -0.15) is 0 Å². The van der Waals surface area contributed by atoms with Crippen molar-refractivity contribution in [2.45, 2.75) is 12.2 Å². The van der Waals surface area contributed by atoms with Crippen LogP contribution in [0.1, 0.15) is 22.0 Å². The van der Waals surface area contributed by atoms with Crippen molar-refractivity contribution in [2.75, 3.05) is 13.9 Å². The quantitative estimate of drug-likeness (QED) is 0.641. The lowest BCUT2D eigenvalue weighted by Crippen LogP contribution is -2.08. The van der Waals surface area contributed by atoms with Gasteiger partial charge >= 0.3 is 0 Å². The minimum absolute atomic E-state index is 0.0229. The van der Waals surface area contributed by atoms with E-state index in [1.54, 1.807) is 31.4 Å². The largest absolute Gasteiger partial charge is 0.497 e. The van der Waals surface area contributed by atoms with E-state index in [4.69, 9.17) is 18.9 Å². The molecule has 1 fully saturated rings. The molecule has 2 aliphatic rings. The molecular weight excluding hydrogens is 284 g/mol. The summed E-state index contributed by atoms with van der Waals surface area (Å²) >= 11 is 0. The Hall–Kier alpha value is -2.53. The molecule has 4 rings (SSSR count). The summed E-state index contributed by atoms with van der Waals surface area (Å²) in [6.07, 6.45) is -0.655. The van der Waals surface area contributed by atoms with Gasteiger partial charge in [0.15, 0.2) is 23.4 Å².